The molecule has 6 heteroatoms. The summed E-state index contributed by atoms with van der Waals surface area (Å²) in [6, 6.07) is 7.55. The molecule has 1 spiro atoms. The van der Waals surface area contributed by atoms with Gasteiger partial charge in [0.15, 0.2) is 0 Å². The van der Waals surface area contributed by atoms with E-state index in [4.69, 9.17) is 10.00 Å². The zero-order valence-corrected chi connectivity index (χ0v) is 12.1. The minimum absolute atomic E-state index is 0.229. The molecule has 1 amide bonds. The van der Waals surface area contributed by atoms with Gasteiger partial charge in [0.1, 0.15) is 23.2 Å². The Morgan fingerprint density at radius 2 is 2.24 bits per heavy atom. The van der Waals surface area contributed by atoms with Crippen molar-refractivity contribution in [1.82, 2.24) is 9.88 Å². The van der Waals surface area contributed by atoms with E-state index in [1.54, 1.807) is 18.0 Å². The lowest BCUT2D eigenvalue weighted by Gasteiger charge is -2.25. The normalized spacial score (nSPS) is 25.6. The van der Waals surface area contributed by atoms with Crippen LogP contribution >= 0.6 is 0 Å². The van der Waals surface area contributed by atoms with Gasteiger partial charge in [0.25, 0.3) is 0 Å². The van der Waals surface area contributed by atoms with Crippen LogP contribution < -0.4 is 4.90 Å². The summed E-state index contributed by atoms with van der Waals surface area (Å²) < 4.78 is 5.60. The molecular weight excluding hydrogens is 268 g/mol. The fraction of sp³-hybridized carbons (Fsp3) is 0.533. The molecule has 1 aromatic heterocycles. The van der Waals surface area contributed by atoms with Crippen LogP contribution in [-0.2, 0) is 4.74 Å². The molecule has 21 heavy (non-hydrogen) atoms. The Labute approximate surface area is 123 Å². The fourth-order valence-corrected chi connectivity index (χ4v) is 3.11. The molecule has 0 bridgehead atoms. The maximum atomic E-state index is 11.6. The number of rotatable bonds is 1. The predicted molar refractivity (Wildman–Crippen MR) is 76.9 cm³/mol. The number of ether oxygens (including phenoxy) is 1. The van der Waals surface area contributed by atoms with Crippen molar-refractivity contribution in [2.45, 2.75) is 24.9 Å². The highest BCUT2D eigenvalue weighted by Gasteiger charge is 2.44. The predicted octanol–water partition coefficient (Wildman–Crippen LogP) is 1.76. The number of pyridine rings is 1. The third kappa shape index (κ3) is 2.64. The second-order valence-corrected chi connectivity index (χ2v) is 5.74. The second-order valence-electron chi connectivity index (χ2n) is 5.74. The zero-order valence-electron chi connectivity index (χ0n) is 12.1. The number of carbonyl (C=O) groups is 1. The van der Waals surface area contributed by atoms with Crippen LogP contribution in [0.15, 0.2) is 18.2 Å². The van der Waals surface area contributed by atoms with Crippen LogP contribution in [-0.4, -0.2) is 48.3 Å². The number of hydrogen-bond acceptors (Lipinski definition) is 5. The van der Waals surface area contributed by atoms with Crippen molar-refractivity contribution in [3.63, 3.8) is 0 Å². The van der Waals surface area contributed by atoms with Crippen molar-refractivity contribution in [3.05, 3.63) is 23.9 Å². The first-order chi connectivity index (χ1) is 10.1. The highest BCUT2D eigenvalue weighted by molar-refractivity contribution is 5.70. The molecule has 2 aliphatic heterocycles. The molecule has 2 saturated heterocycles. The van der Waals surface area contributed by atoms with Crippen LogP contribution in [0, 0.1) is 11.3 Å². The summed E-state index contributed by atoms with van der Waals surface area (Å²) in [7, 11) is 1.78. The zero-order chi connectivity index (χ0) is 14.9. The number of nitrogens with zero attached hydrogens (tertiary/aromatic N) is 4. The molecule has 0 saturated carbocycles. The van der Waals surface area contributed by atoms with Crippen LogP contribution in [0.25, 0.3) is 0 Å². The molecule has 3 heterocycles. The van der Waals surface area contributed by atoms with Gasteiger partial charge in [-0.1, -0.05) is 6.07 Å². The van der Waals surface area contributed by atoms with Crippen LogP contribution in [0.5, 0.6) is 0 Å². The van der Waals surface area contributed by atoms with E-state index in [0.717, 1.165) is 38.2 Å². The van der Waals surface area contributed by atoms with Crippen molar-refractivity contribution in [2.24, 2.45) is 0 Å². The molecule has 0 aromatic carbocycles. The number of nitriles is 1. The standard InChI is InChI=1S/C15H18N4O2/c1-18-11-15(21-14(18)20)6-3-8-19(9-7-15)13-5-2-4-12(10-16)17-13/h2,4-5H,3,6-9,11H2,1H3/t15-/m1/s1. The van der Waals surface area contributed by atoms with E-state index >= 15 is 0 Å². The van der Waals surface area contributed by atoms with E-state index < -0.39 is 0 Å². The largest absolute Gasteiger partial charge is 0.441 e. The Hall–Kier alpha value is -2.29. The topological polar surface area (TPSA) is 69.5 Å². The minimum Gasteiger partial charge on any atom is -0.441 e. The number of anilines is 1. The molecule has 2 aliphatic rings. The summed E-state index contributed by atoms with van der Waals surface area (Å²) in [5.74, 6) is 0.823. The van der Waals surface area contributed by atoms with Crippen molar-refractivity contribution < 1.29 is 9.53 Å². The molecule has 1 aromatic rings. The molecule has 3 rings (SSSR count). The van der Waals surface area contributed by atoms with Gasteiger partial charge in [0.2, 0.25) is 0 Å². The van der Waals surface area contributed by atoms with E-state index in [1.807, 2.05) is 12.1 Å². The minimum atomic E-state index is -0.354. The number of aromatic nitrogens is 1. The Balaban J connectivity index is 1.74. The summed E-state index contributed by atoms with van der Waals surface area (Å²) in [6.07, 6.45) is 2.38. The smallest absolute Gasteiger partial charge is 0.410 e. The summed E-state index contributed by atoms with van der Waals surface area (Å²) in [5.41, 5.74) is 0.0754. The van der Waals surface area contributed by atoms with E-state index in [0.29, 0.717) is 12.2 Å². The third-order valence-corrected chi connectivity index (χ3v) is 4.21. The SMILES string of the molecule is CN1C[C@]2(CCCN(c3cccc(C#N)n3)CC2)OC1=O. The lowest BCUT2D eigenvalue weighted by atomic mass is 9.95. The van der Waals surface area contributed by atoms with Gasteiger partial charge in [-0.15, -0.1) is 0 Å². The van der Waals surface area contributed by atoms with Gasteiger partial charge in [-0.05, 0) is 25.0 Å². The van der Waals surface area contributed by atoms with Gasteiger partial charge in [0.05, 0.1) is 6.54 Å². The van der Waals surface area contributed by atoms with Crippen molar-refractivity contribution >= 4 is 11.9 Å². The molecule has 1 atom stereocenters. The number of carbonyl (C=O) groups excluding carboxylic acids is 1. The second kappa shape index (κ2) is 5.24. The van der Waals surface area contributed by atoms with E-state index in [-0.39, 0.29) is 11.7 Å². The maximum absolute atomic E-state index is 11.6. The average molecular weight is 286 g/mol. The Morgan fingerprint density at radius 1 is 1.38 bits per heavy atom. The Kier molecular flexibility index (Phi) is 3.42. The average Bonchev–Trinajstić information content (AvgIpc) is 2.65. The molecule has 0 radical (unpaired) electrons. The lowest BCUT2D eigenvalue weighted by molar-refractivity contribution is 0.0473. The maximum Gasteiger partial charge on any atom is 0.410 e. The molecule has 2 fully saturated rings. The summed E-state index contributed by atoms with van der Waals surface area (Å²) in [4.78, 5) is 19.8. The summed E-state index contributed by atoms with van der Waals surface area (Å²) >= 11 is 0. The van der Waals surface area contributed by atoms with E-state index in [9.17, 15) is 4.79 Å². The first-order valence-corrected chi connectivity index (χ1v) is 7.18. The number of hydrogen-bond donors (Lipinski definition) is 0. The molecule has 0 unspecified atom stereocenters. The van der Waals surface area contributed by atoms with Gasteiger partial charge < -0.3 is 14.5 Å². The lowest BCUT2D eigenvalue weighted by Crippen LogP contribution is -2.35. The van der Waals surface area contributed by atoms with Gasteiger partial charge in [0, 0.05) is 26.6 Å². The number of amides is 1. The van der Waals surface area contributed by atoms with Crippen LogP contribution in [0.3, 0.4) is 0 Å². The quantitative estimate of drug-likeness (QED) is 0.787. The monoisotopic (exact) mass is 286 g/mol. The third-order valence-electron chi connectivity index (χ3n) is 4.21. The van der Waals surface area contributed by atoms with Crippen LogP contribution in [0.2, 0.25) is 0 Å². The van der Waals surface area contributed by atoms with Crippen molar-refractivity contribution in [3.8, 4) is 6.07 Å². The van der Waals surface area contributed by atoms with Crippen molar-refractivity contribution in [1.29, 1.82) is 5.26 Å². The van der Waals surface area contributed by atoms with Crippen molar-refractivity contribution in [2.75, 3.05) is 31.6 Å². The number of likely N-dealkylation sites (N-methyl/N-ethyl adjacent to an activating group) is 1. The highest BCUT2D eigenvalue weighted by atomic mass is 16.6. The van der Waals surface area contributed by atoms with Gasteiger partial charge >= 0.3 is 6.09 Å². The molecule has 0 N–H and O–H groups in total. The van der Waals surface area contributed by atoms with Gasteiger partial charge in [-0.3, -0.25) is 0 Å². The van der Waals surface area contributed by atoms with E-state index in [1.165, 1.54) is 0 Å². The van der Waals surface area contributed by atoms with Crippen LogP contribution in [0.4, 0.5) is 10.6 Å². The molecule has 110 valence electrons. The Morgan fingerprint density at radius 3 is 2.95 bits per heavy atom. The highest BCUT2D eigenvalue weighted by Crippen LogP contribution is 2.33. The molecule has 0 aliphatic carbocycles. The molecular formula is C15H18N4O2. The fourth-order valence-electron chi connectivity index (χ4n) is 3.11. The summed E-state index contributed by atoms with van der Waals surface area (Å²) in [5, 5.41) is 8.95. The van der Waals surface area contributed by atoms with Gasteiger partial charge in [-0.2, -0.15) is 5.26 Å². The van der Waals surface area contributed by atoms with Gasteiger partial charge in [-0.25, -0.2) is 9.78 Å². The van der Waals surface area contributed by atoms with Crippen LogP contribution in [0.1, 0.15) is 25.0 Å². The Bertz CT molecular complexity index is 598. The first kappa shape index (κ1) is 13.7. The van der Waals surface area contributed by atoms with E-state index in [2.05, 4.69) is 16.0 Å². The summed E-state index contributed by atoms with van der Waals surface area (Å²) in [6.45, 7) is 2.30. The molecule has 6 nitrogen and oxygen atoms in total. The first-order valence-electron chi connectivity index (χ1n) is 7.18.